The van der Waals surface area contributed by atoms with Gasteiger partial charge in [0.1, 0.15) is 0 Å². The van der Waals surface area contributed by atoms with Gasteiger partial charge in [0.25, 0.3) is 0 Å². The molecule has 2 spiro atoms. The van der Waals surface area contributed by atoms with E-state index in [0.29, 0.717) is 0 Å². The third-order valence-corrected chi connectivity index (χ3v) is 16.9. The number of hydrogen-bond acceptors (Lipinski definition) is 8. The standard InChI is InChI=1S/C12H28N8Si2/c1-5-17-6-2-14-21(13-1)19(11-9-17)22-15-3-7-18(8-4-16-22)10-12-20(21)22/h13-16H,1-12H2. The van der Waals surface area contributed by atoms with E-state index >= 15 is 0 Å². The van der Waals surface area contributed by atoms with E-state index in [2.05, 4.69) is 38.2 Å². The van der Waals surface area contributed by atoms with Crippen LogP contribution in [0.5, 0.6) is 0 Å². The number of hydrogen-bond donors (Lipinski definition) is 4. The molecule has 124 valence electrons. The molecule has 7 rings (SSSR count). The van der Waals surface area contributed by atoms with E-state index in [0.717, 1.165) is 26.2 Å². The molecule has 0 aromatic carbocycles. The number of fused-ring (bicyclic) bond motifs is 10. The average Bonchev–Trinajstić information content (AvgIpc) is 2.39. The predicted octanol–water partition coefficient (Wildman–Crippen LogP) is -3.51. The molecule has 8 nitrogen and oxygen atoms in total. The molecule has 0 radical (unpaired) electrons. The maximum Gasteiger partial charge on any atom is 0.364 e. The van der Waals surface area contributed by atoms with E-state index in [4.69, 9.17) is 0 Å². The van der Waals surface area contributed by atoms with Crippen molar-refractivity contribution in [1.29, 1.82) is 0 Å². The first-order chi connectivity index (χ1) is 10.8. The van der Waals surface area contributed by atoms with Crippen molar-refractivity contribution in [2.45, 2.75) is 0 Å². The average molecular weight is 341 g/mol. The fraction of sp³-hybridized carbons (Fsp3) is 1.00. The van der Waals surface area contributed by atoms with Crippen molar-refractivity contribution in [3.63, 3.8) is 0 Å². The normalized spacial score (nSPS) is 49.6. The summed E-state index contributed by atoms with van der Waals surface area (Å²) in [4.78, 5) is 21.2. The summed E-state index contributed by atoms with van der Waals surface area (Å²) in [7, 11) is -3.72. The van der Waals surface area contributed by atoms with Gasteiger partial charge in [0, 0.05) is 78.5 Å². The molecule has 7 aliphatic heterocycles. The molecule has 7 saturated heterocycles. The fourth-order valence-electron chi connectivity index (χ4n) is 4.96. The first-order valence-electron chi connectivity index (χ1n) is 8.84. The van der Waals surface area contributed by atoms with Gasteiger partial charge in [-0.15, -0.1) is 0 Å². The Morgan fingerprint density at radius 1 is 0.455 bits per heavy atom. The van der Waals surface area contributed by atoms with Gasteiger partial charge in [-0.05, 0) is 0 Å². The molecule has 4 N–H and O–H groups in total. The summed E-state index contributed by atoms with van der Waals surface area (Å²) in [5, 5.41) is 0. The molecule has 0 aliphatic carbocycles. The summed E-state index contributed by atoms with van der Waals surface area (Å²) in [5.74, 6) is 0. The zero-order chi connectivity index (χ0) is 14.6. The summed E-state index contributed by atoms with van der Waals surface area (Å²) in [6.07, 6.45) is 0. The number of nitrogens with one attached hydrogen (secondary N) is 4. The Morgan fingerprint density at radius 2 is 0.818 bits per heavy atom. The lowest BCUT2D eigenvalue weighted by Gasteiger charge is -2.71. The van der Waals surface area contributed by atoms with Crippen LogP contribution in [-0.4, -0.2) is 114 Å². The second-order valence-electron chi connectivity index (χ2n) is 7.04. The Hall–Kier alpha value is 0.114. The topological polar surface area (TPSA) is 61.1 Å². The Balaban J connectivity index is 1.53. The van der Waals surface area contributed by atoms with Gasteiger partial charge in [0.15, 0.2) is 0 Å². The second kappa shape index (κ2) is 5.31. The van der Waals surface area contributed by atoms with Crippen molar-refractivity contribution in [2.75, 3.05) is 78.5 Å². The Bertz CT molecular complexity index is 379. The van der Waals surface area contributed by atoms with E-state index in [9.17, 15) is 0 Å². The van der Waals surface area contributed by atoms with E-state index in [1.165, 1.54) is 52.4 Å². The van der Waals surface area contributed by atoms with Gasteiger partial charge in [-0.3, -0.25) is 38.2 Å². The molecular weight excluding hydrogens is 312 g/mol. The van der Waals surface area contributed by atoms with Gasteiger partial charge in [0.05, 0.1) is 0 Å². The van der Waals surface area contributed by atoms with E-state index in [1.807, 2.05) is 0 Å². The molecule has 0 atom stereocenters. The summed E-state index contributed by atoms with van der Waals surface area (Å²) >= 11 is 0. The highest BCUT2D eigenvalue weighted by Crippen LogP contribution is 2.34. The molecule has 0 saturated carbocycles. The Morgan fingerprint density at radius 3 is 1.18 bits per heavy atom. The van der Waals surface area contributed by atoms with Crippen molar-refractivity contribution in [2.24, 2.45) is 0 Å². The molecule has 0 aromatic heterocycles. The molecule has 0 amide bonds. The quantitative estimate of drug-likeness (QED) is 0.339. The van der Waals surface area contributed by atoms with Gasteiger partial charge < -0.3 is 0 Å². The van der Waals surface area contributed by atoms with Crippen molar-refractivity contribution >= 4 is 17.4 Å². The van der Waals surface area contributed by atoms with Gasteiger partial charge >= 0.3 is 17.4 Å². The van der Waals surface area contributed by atoms with Crippen molar-refractivity contribution < 1.29 is 0 Å². The monoisotopic (exact) mass is 340 g/mol. The third kappa shape index (κ3) is 1.90. The molecule has 22 heavy (non-hydrogen) atoms. The minimum Gasteiger partial charge on any atom is -0.300 e. The first-order valence-corrected chi connectivity index (χ1v) is 12.6. The highest BCUT2D eigenvalue weighted by molar-refractivity contribution is 7.01. The molecule has 7 fully saturated rings. The lowest BCUT2D eigenvalue weighted by molar-refractivity contribution is 0.164. The van der Waals surface area contributed by atoms with Gasteiger partial charge in [-0.25, -0.2) is 0 Å². The SMILES string of the molecule is C1CN2CCN[Si]3(N1)N(CC2)[Si]12NCCN(CCN1)CCN32. The van der Waals surface area contributed by atoms with Crippen molar-refractivity contribution in [1.82, 2.24) is 38.2 Å². The van der Waals surface area contributed by atoms with Crippen LogP contribution < -0.4 is 19.9 Å². The lowest BCUT2D eigenvalue weighted by atomic mass is 10.4. The number of nitrogens with zero attached hydrogens (tertiary/aromatic N) is 4. The summed E-state index contributed by atoms with van der Waals surface area (Å²) in [6, 6.07) is 0. The zero-order valence-corrected chi connectivity index (χ0v) is 15.3. The largest absolute Gasteiger partial charge is 0.364 e. The predicted molar refractivity (Wildman–Crippen MR) is 89.8 cm³/mol. The van der Waals surface area contributed by atoms with Crippen LogP contribution in [0, 0.1) is 0 Å². The minimum atomic E-state index is -1.86. The maximum absolute atomic E-state index is 3.99. The maximum atomic E-state index is 3.99. The summed E-state index contributed by atoms with van der Waals surface area (Å²) in [6.45, 7) is 14.2. The fourth-order valence-corrected chi connectivity index (χ4v) is 17.3. The van der Waals surface area contributed by atoms with Crippen molar-refractivity contribution in [3.8, 4) is 0 Å². The Labute approximate surface area is 134 Å². The molecule has 7 aliphatic rings. The molecule has 7 heterocycles. The van der Waals surface area contributed by atoms with Crippen LogP contribution in [0.25, 0.3) is 0 Å². The zero-order valence-electron chi connectivity index (χ0n) is 13.3. The smallest absolute Gasteiger partial charge is 0.300 e. The minimum absolute atomic E-state index is 1.13. The molecule has 0 aromatic rings. The van der Waals surface area contributed by atoms with Crippen LogP contribution in [0.1, 0.15) is 0 Å². The third-order valence-electron chi connectivity index (χ3n) is 6.04. The van der Waals surface area contributed by atoms with Crippen LogP contribution in [-0.2, 0) is 0 Å². The summed E-state index contributed by atoms with van der Waals surface area (Å²) < 4.78 is 5.73. The van der Waals surface area contributed by atoms with Crippen LogP contribution in [0.4, 0.5) is 0 Å². The Kier molecular flexibility index (Phi) is 3.49. The van der Waals surface area contributed by atoms with Crippen LogP contribution >= 0.6 is 0 Å². The highest BCUT2D eigenvalue weighted by atomic mass is 28.5. The molecular formula is C12H28N8Si2. The van der Waals surface area contributed by atoms with E-state index < -0.39 is 17.4 Å². The van der Waals surface area contributed by atoms with Crippen molar-refractivity contribution in [3.05, 3.63) is 0 Å². The van der Waals surface area contributed by atoms with Crippen LogP contribution in [0.2, 0.25) is 0 Å². The molecule has 0 unspecified atom stereocenters. The highest BCUT2D eigenvalue weighted by Gasteiger charge is 2.73. The summed E-state index contributed by atoms with van der Waals surface area (Å²) in [5.41, 5.74) is 0. The molecule has 4 bridgehead atoms. The number of rotatable bonds is 0. The first kappa shape index (κ1) is 14.5. The van der Waals surface area contributed by atoms with E-state index in [1.54, 1.807) is 0 Å². The van der Waals surface area contributed by atoms with Crippen LogP contribution in [0.15, 0.2) is 0 Å². The second-order valence-corrected chi connectivity index (χ2v) is 14.2. The molecule has 10 heteroatoms. The van der Waals surface area contributed by atoms with Gasteiger partial charge in [-0.1, -0.05) is 0 Å². The van der Waals surface area contributed by atoms with Gasteiger partial charge in [0.2, 0.25) is 0 Å². The van der Waals surface area contributed by atoms with Crippen LogP contribution in [0.3, 0.4) is 0 Å². The lowest BCUT2D eigenvalue weighted by Crippen LogP contribution is -3.10. The van der Waals surface area contributed by atoms with E-state index in [-0.39, 0.29) is 0 Å². The van der Waals surface area contributed by atoms with Gasteiger partial charge in [-0.2, -0.15) is 0 Å².